The van der Waals surface area contributed by atoms with Gasteiger partial charge < -0.3 is 39.6 Å². The van der Waals surface area contributed by atoms with Crippen LogP contribution in [0.15, 0.2) is 188 Å². The van der Waals surface area contributed by atoms with Crippen LogP contribution in [0.1, 0.15) is 398 Å². The van der Waals surface area contributed by atoms with E-state index in [1.54, 1.807) is 60.7 Å². The fourth-order valence-corrected chi connectivity index (χ4v) is 10.2. The summed E-state index contributed by atoms with van der Waals surface area (Å²) in [6.07, 6.45) is 3.96. The van der Waals surface area contributed by atoms with E-state index in [1.165, 1.54) is 46.9 Å². The lowest BCUT2D eigenvalue weighted by Gasteiger charge is -2.20. The number of ketones is 6. The molecule has 0 spiro atoms. The van der Waals surface area contributed by atoms with Gasteiger partial charge in [-0.2, -0.15) is 0 Å². The topological polar surface area (TPSA) is 312 Å². The number of aliphatic carboxylic acids is 4. The second-order valence-corrected chi connectivity index (χ2v) is 21.9. The number of benzene rings is 6. The molecule has 8 rings (SSSR count). The van der Waals surface area contributed by atoms with Crippen molar-refractivity contribution < 1.29 is 82.7 Å². The smallest absolute Gasteiger partial charge is 0.366 e. The average molecular weight is 2130 g/mol. The number of esters is 1. The van der Waals surface area contributed by atoms with E-state index in [0.29, 0.717) is 36.8 Å². The van der Waals surface area contributed by atoms with Gasteiger partial charge in [0, 0.05) is 94.3 Å². The van der Waals surface area contributed by atoms with E-state index in [4.69, 9.17) is 46.3 Å². The molecule has 0 heterocycles. The molecule has 6 aromatic carbocycles. The van der Waals surface area contributed by atoms with Crippen LogP contribution in [0.2, 0.25) is 0 Å². The first kappa shape index (κ1) is 172. The zero-order chi connectivity index (χ0) is 110. The van der Waals surface area contributed by atoms with Gasteiger partial charge in [-0.1, -0.05) is 439 Å². The number of halogens is 2. The third kappa shape index (κ3) is 88.8. The molecule has 2 aliphatic carbocycles. The first-order valence-corrected chi connectivity index (χ1v) is 54.7. The van der Waals surface area contributed by atoms with Crippen LogP contribution < -0.4 is 0 Å². The molecule has 4 N–H and O–H groups in total. The summed E-state index contributed by atoms with van der Waals surface area (Å²) in [6.45, 7) is 105. The highest BCUT2D eigenvalue weighted by atomic mass is 128. The van der Waals surface area contributed by atoms with Crippen molar-refractivity contribution in [3.63, 3.8) is 0 Å². The van der Waals surface area contributed by atoms with Crippen molar-refractivity contribution in [2.24, 2.45) is 17.8 Å². The number of carboxylic acids is 4. The minimum absolute atomic E-state index is 0. The Bertz CT molecular complexity index is 3840. The predicted molar refractivity (Wildman–Crippen MR) is 599 cm³/mol. The maximum Gasteiger partial charge on any atom is 0.366 e. The molecular weight excluding hydrogens is 1940 g/mol. The number of methoxy groups -OCH3 is 1. The Morgan fingerprint density at radius 3 is 0.978 bits per heavy atom. The zero-order valence-electron chi connectivity index (χ0n) is 91.0. The van der Waals surface area contributed by atoms with Crippen molar-refractivity contribution in [3.8, 4) is 0 Å². The molecule has 0 amide bonds. The summed E-state index contributed by atoms with van der Waals surface area (Å²) in [5, 5.41) is 35.9. The molecule has 2 aliphatic rings. The molecule has 0 aromatic heterocycles. The molecular formula is C113H188I2N4O17. The first-order chi connectivity index (χ1) is 65.3. The Labute approximate surface area is 853 Å². The summed E-state index contributed by atoms with van der Waals surface area (Å²) < 4.78 is 4.74. The van der Waals surface area contributed by atoms with Gasteiger partial charge >= 0.3 is 41.4 Å². The number of allylic oxidation sites excluding steroid dienone is 1. The summed E-state index contributed by atoms with van der Waals surface area (Å²) in [5.74, 6) is -9.51. The standard InChI is InChI=1S/C16H16N2O2.C13H14O6.C13H14O3.C12H12O3.C11H9NO.C7H6O.C4H5NO.18C2H6.CH4.I2/c1-12(19)10-11-16(18-4,13(2)20)15(17-3)14-8-6-5-7-9-14;14-10(15)7-6-9(12(16)17)11(13(18)19)8-4-2-1-3-5-8;1-16-13(15)10-7-8-11(14)12(10)9-5-3-2-4-6-9;13-10-7-6-9(12(14)15)11(10)8-4-2-1-3-5-8;1-9(13)11(12-2)8-10-6-4-3-5-7-10;8-6-7-4-2-1-3-5-7;1-4(6)3-5-2;18*1-2;;1-2/h5-9,15H,10-11H2,1-2H3;1-5,9,11H,6-7H2,(H,14,15)(H,16,17)(H,18,19);2-6,10,12H,7-8H2,1H3;1-5,9,11H,6-7H2,(H,14,15);3-8H,1H3;1-6H;3H2,1H3;18*1-2H3;1H4;/b;;;;11-8+;;;;;;;;;;;;;;;;;;;;;;. The minimum atomic E-state index is -1.48. The molecule has 21 nitrogen and oxygen atoms in total. The largest absolute Gasteiger partial charge is 0.481 e. The minimum Gasteiger partial charge on any atom is -0.481 e. The predicted octanol–water partition coefficient (Wildman–Crippen LogP) is 33.8. The zero-order valence-corrected chi connectivity index (χ0v) is 95.3. The number of aldehydes is 1. The molecule has 6 aromatic rings. The van der Waals surface area contributed by atoms with Crippen LogP contribution in [0.4, 0.5) is 0 Å². The summed E-state index contributed by atoms with van der Waals surface area (Å²) in [5.41, 5.74) is 3.04. The quantitative estimate of drug-likeness (QED) is 0.0171. The molecule has 0 aliphatic heterocycles. The third-order valence-electron chi connectivity index (χ3n) is 15.0. The van der Waals surface area contributed by atoms with Crippen LogP contribution >= 0.6 is 37.2 Å². The highest BCUT2D eigenvalue weighted by molar-refractivity contribution is 15.0. The van der Waals surface area contributed by atoms with E-state index < -0.39 is 59.1 Å². The Morgan fingerprint density at radius 1 is 0.434 bits per heavy atom. The van der Waals surface area contributed by atoms with Gasteiger partial charge in [-0.05, 0) is 61.4 Å². The number of carbonyl (C=O) groups is 12. The maximum atomic E-state index is 12.0. The van der Waals surface area contributed by atoms with E-state index in [0.717, 1.165) is 28.5 Å². The molecule has 8 unspecified atom stereocenters. The van der Waals surface area contributed by atoms with Crippen LogP contribution in [0.3, 0.4) is 0 Å². The van der Waals surface area contributed by atoms with Crippen molar-refractivity contribution in [1.29, 1.82) is 0 Å². The van der Waals surface area contributed by atoms with Crippen molar-refractivity contribution in [2.45, 2.75) is 365 Å². The Balaban J connectivity index is -0.0000000659. The lowest BCUT2D eigenvalue weighted by molar-refractivity contribution is -0.151. The SMILES string of the molecule is C.CC.CC.CC.CC.CC.CC.CC.CC.CC.CC.CC.CC.CC.CC.CC.CC.CC.CC.COC(=O)C1CCC(=O)C1c1ccccc1.II.O=C(O)C1CCC(=O)C1c1ccccc1.O=C(O)CCC(C(=O)O)C(C(=O)O)c1ccccc1.O=Cc1ccccc1.[C-]#[N+]/C(=C/c1ccccc1)C(C)=O.[C-]#[N+]C(c1ccccc1)C(CCC(C)=O)([N+]#[C-])C(C)=O.[C-]#[N+]CC(C)=O. The van der Waals surface area contributed by atoms with Crippen LogP contribution in [0.25, 0.3) is 25.5 Å². The van der Waals surface area contributed by atoms with Crippen molar-refractivity contribution >= 4 is 114 Å². The lowest BCUT2D eigenvalue weighted by Crippen LogP contribution is -2.39. The monoisotopic (exact) mass is 2130 g/mol. The number of carboxylic acid groups (broad SMARTS) is 4. The number of hydrogen-bond acceptors (Lipinski definition) is 13. The van der Waals surface area contributed by atoms with Gasteiger partial charge in [-0.25, -0.2) is 24.6 Å². The number of rotatable bonds is 21. The van der Waals surface area contributed by atoms with Crippen LogP contribution in [0, 0.1) is 44.0 Å². The van der Waals surface area contributed by atoms with Crippen molar-refractivity contribution in [2.75, 3.05) is 13.7 Å². The van der Waals surface area contributed by atoms with E-state index in [9.17, 15) is 62.6 Å². The molecule has 136 heavy (non-hydrogen) atoms. The molecule has 2 saturated carbocycles. The number of nitrogens with zero attached hydrogens (tertiary/aromatic N) is 4. The second-order valence-electron chi connectivity index (χ2n) is 21.9. The van der Waals surface area contributed by atoms with Gasteiger partial charge in [-0.3, -0.25) is 57.6 Å². The number of carbonyl (C=O) groups excluding carboxylic acids is 8. The highest BCUT2D eigenvalue weighted by Gasteiger charge is 2.56. The van der Waals surface area contributed by atoms with Gasteiger partial charge in [-0.15, -0.1) is 0 Å². The van der Waals surface area contributed by atoms with E-state index in [1.807, 2.05) is 365 Å². The molecule has 776 valence electrons. The molecule has 2 fully saturated rings. The lowest BCUT2D eigenvalue weighted by atomic mass is 9.79. The van der Waals surface area contributed by atoms with Crippen molar-refractivity contribution in [1.82, 2.24) is 0 Å². The summed E-state index contributed by atoms with van der Waals surface area (Å²) >= 11 is 4.24. The van der Waals surface area contributed by atoms with Crippen LogP contribution in [-0.2, 0) is 57.5 Å². The first-order valence-electron chi connectivity index (χ1n) is 48.4. The third-order valence-corrected chi connectivity index (χ3v) is 15.0. The maximum absolute atomic E-state index is 12.0. The number of hydrogen-bond donors (Lipinski definition) is 4. The van der Waals surface area contributed by atoms with Crippen LogP contribution in [-0.4, -0.2) is 110 Å². The highest BCUT2D eigenvalue weighted by Crippen LogP contribution is 2.40. The molecule has 0 bridgehead atoms. The normalized spacial score (nSPS) is 12.3. The van der Waals surface area contributed by atoms with Gasteiger partial charge in [0.1, 0.15) is 23.6 Å². The van der Waals surface area contributed by atoms with Crippen molar-refractivity contribution in [3.05, 3.63) is 267 Å². The summed E-state index contributed by atoms with van der Waals surface area (Å²) in [7, 11) is 1.37. The fraction of sp³-hybridized carbons (Fsp3) is 0.522. The Hall–Kier alpha value is -10.5. The van der Waals surface area contributed by atoms with E-state index in [2.05, 4.69) is 56.6 Å². The Morgan fingerprint density at radius 2 is 0.743 bits per heavy atom. The van der Waals surface area contributed by atoms with Gasteiger partial charge in [0.15, 0.2) is 5.78 Å². The van der Waals surface area contributed by atoms with E-state index in [-0.39, 0.29) is 97.9 Å². The molecule has 8 atom stereocenters. The Kier molecular flexibility index (Phi) is 176. The van der Waals surface area contributed by atoms with E-state index >= 15 is 0 Å². The molecule has 0 saturated heterocycles. The fourth-order valence-electron chi connectivity index (χ4n) is 10.2. The second kappa shape index (κ2) is 140. The van der Waals surface area contributed by atoms with Crippen LogP contribution in [0.5, 0.6) is 0 Å². The summed E-state index contributed by atoms with van der Waals surface area (Å²) in [6, 6.07) is 53.0. The van der Waals surface area contributed by atoms with Gasteiger partial charge in [0.25, 0.3) is 6.54 Å². The van der Waals surface area contributed by atoms with Gasteiger partial charge in [0.2, 0.25) is 17.3 Å². The number of ether oxygens (including phenoxy) is 1. The summed E-state index contributed by atoms with van der Waals surface area (Å²) in [4.78, 5) is 146. The molecule has 23 heteroatoms. The molecule has 0 radical (unpaired) electrons. The van der Waals surface area contributed by atoms with Gasteiger partial charge in [0.05, 0.1) is 49.2 Å². The number of Topliss-reactive ketones (excluding diaryl/α,β-unsaturated/α-hetero) is 6. The average Bonchev–Trinajstić information content (AvgIpc) is 1.22.